The number of carbonyl (C=O) groups is 1. The molecule has 0 aromatic heterocycles. The Morgan fingerprint density at radius 2 is 1.94 bits per heavy atom. The minimum absolute atomic E-state index is 0.128. The van der Waals surface area contributed by atoms with Crippen LogP contribution in [0.5, 0.6) is 11.5 Å². The smallest absolute Gasteiger partial charge is 0.139 e. The second-order valence-corrected chi connectivity index (χ2v) is 4.80. The summed E-state index contributed by atoms with van der Waals surface area (Å²) in [6.07, 6.45) is 1.41. The van der Waals surface area contributed by atoms with E-state index in [1.807, 2.05) is 19.9 Å². The first-order chi connectivity index (χ1) is 8.06. The van der Waals surface area contributed by atoms with Crippen molar-refractivity contribution < 1.29 is 14.3 Å². The predicted octanol–water partition coefficient (Wildman–Crippen LogP) is 3.47. The zero-order valence-corrected chi connectivity index (χ0v) is 12.1. The molecule has 0 aliphatic heterocycles. The van der Waals surface area contributed by atoms with Crippen LogP contribution >= 0.6 is 15.9 Å². The Morgan fingerprint density at radius 3 is 2.41 bits per heavy atom. The highest BCUT2D eigenvalue weighted by molar-refractivity contribution is 9.10. The average molecular weight is 301 g/mol. The molecule has 3 nitrogen and oxygen atoms in total. The number of benzene rings is 1. The molecule has 0 aliphatic carbocycles. The van der Waals surface area contributed by atoms with Gasteiger partial charge in [0.05, 0.1) is 18.7 Å². The summed E-state index contributed by atoms with van der Waals surface area (Å²) < 4.78 is 11.6. The topological polar surface area (TPSA) is 35.5 Å². The number of rotatable bonds is 5. The predicted molar refractivity (Wildman–Crippen MR) is 71.1 cm³/mol. The zero-order valence-electron chi connectivity index (χ0n) is 10.5. The highest BCUT2D eigenvalue weighted by Crippen LogP contribution is 2.41. The fraction of sp³-hybridized carbons (Fsp3) is 0.462. The molecule has 0 amide bonds. The average Bonchev–Trinajstić information content (AvgIpc) is 2.29. The van der Waals surface area contributed by atoms with Gasteiger partial charge in [0.2, 0.25) is 0 Å². The summed E-state index contributed by atoms with van der Waals surface area (Å²) in [4.78, 5) is 10.6. The van der Waals surface area contributed by atoms with Gasteiger partial charge in [-0.2, -0.15) is 0 Å². The van der Waals surface area contributed by atoms with Gasteiger partial charge in [-0.1, -0.05) is 6.92 Å². The molecule has 0 N–H and O–H groups in total. The van der Waals surface area contributed by atoms with Gasteiger partial charge in [0, 0.05) is 12.0 Å². The van der Waals surface area contributed by atoms with Gasteiger partial charge in [0.15, 0.2) is 0 Å². The Morgan fingerprint density at radius 1 is 1.35 bits per heavy atom. The van der Waals surface area contributed by atoms with Gasteiger partial charge in [-0.25, -0.2) is 0 Å². The van der Waals surface area contributed by atoms with Gasteiger partial charge in [0.25, 0.3) is 0 Å². The third kappa shape index (κ3) is 2.80. The number of halogens is 1. The summed E-state index contributed by atoms with van der Waals surface area (Å²) in [7, 11) is 3.26. The van der Waals surface area contributed by atoms with E-state index in [0.29, 0.717) is 6.42 Å². The number of hydrogen-bond donors (Lipinski definition) is 0. The number of ether oxygens (including phenoxy) is 2. The molecule has 1 unspecified atom stereocenters. The van der Waals surface area contributed by atoms with Crippen molar-refractivity contribution in [3.63, 3.8) is 0 Å². The van der Waals surface area contributed by atoms with Crippen molar-refractivity contribution >= 4 is 22.2 Å². The maximum atomic E-state index is 10.6. The molecule has 94 valence electrons. The van der Waals surface area contributed by atoms with E-state index in [9.17, 15) is 4.79 Å². The second-order valence-electron chi connectivity index (χ2n) is 3.94. The molecule has 0 aliphatic rings. The summed E-state index contributed by atoms with van der Waals surface area (Å²) >= 11 is 3.47. The van der Waals surface area contributed by atoms with E-state index in [4.69, 9.17) is 9.47 Å². The van der Waals surface area contributed by atoms with Crippen molar-refractivity contribution in [3.8, 4) is 11.5 Å². The maximum Gasteiger partial charge on any atom is 0.139 e. The fourth-order valence-electron chi connectivity index (χ4n) is 1.93. The van der Waals surface area contributed by atoms with Crippen LogP contribution in [0.2, 0.25) is 0 Å². The number of hydrogen-bond acceptors (Lipinski definition) is 3. The molecule has 4 heteroatoms. The highest BCUT2D eigenvalue weighted by atomic mass is 79.9. The van der Waals surface area contributed by atoms with Crippen molar-refractivity contribution in [1.82, 2.24) is 0 Å². The van der Waals surface area contributed by atoms with E-state index in [0.717, 1.165) is 33.4 Å². The minimum atomic E-state index is 0.128. The largest absolute Gasteiger partial charge is 0.496 e. The fourth-order valence-corrected chi connectivity index (χ4v) is 2.63. The van der Waals surface area contributed by atoms with Gasteiger partial charge in [-0.3, -0.25) is 0 Å². The molecule has 0 radical (unpaired) electrons. The summed E-state index contributed by atoms with van der Waals surface area (Å²) in [5.74, 6) is 1.69. The van der Waals surface area contributed by atoms with E-state index in [1.54, 1.807) is 14.2 Å². The number of aldehydes is 1. The lowest BCUT2D eigenvalue weighted by Crippen LogP contribution is -2.02. The van der Waals surface area contributed by atoms with E-state index >= 15 is 0 Å². The SMILES string of the molecule is COc1c(Br)cc(C(C)CC=O)c(OC)c1C. The molecule has 1 atom stereocenters. The molecule has 0 heterocycles. The van der Waals surface area contributed by atoms with Crippen molar-refractivity contribution in [2.45, 2.75) is 26.2 Å². The summed E-state index contributed by atoms with van der Waals surface area (Å²) in [5, 5.41) is 0. The van der Waals surface area contributed by atoms with Crippen molar-refractivity contribution in [3.05, 3.63) is 21.7 Å². The van der Waals surface area contributed by atoms with Crippen LogP contribution in [0.4, 0.5) is 0 Å². The summed E-state index contributed by atoms with van der Waals surface area (Å²) in [6, 6.07) is 1.96. The first-order valence-corrected chi connectivity index (χ1v) is 6.20. The molecular formula is C13H17BrO3. The van der Waals surface area contributed by atoms with Gasteiger partial charge in [-0.05, 0) is 40.4 Å². The molecule has 1 rings (SSSR count). The Kier molecular flexibility index (Phi) is 5.00. The summed E-state index contributed by atoms with van der Waals surface area (Å²) in [5.41, 5.74) is 1.96. The molecular weight excluding hydrogens is 284 g/mol. The van der Waals surface area contributed by atoms with Gasteiger partial charge in [0.1, 0.15) is 17.8 Å². The van der Waals surface area contributed by atoms with Crippen molar-refractivity contribution in [2.24, 2.45) is 0 Å². The lowest BCUT2D eigenvalue weighted by Gasteiger charge is -2.19. The van der Waals surface area contributed by atoms with Crippen LogP contribution in [0.3, 0.4) is 0 Å². The van der Waals surface area contributed by atoms with E-state index in [1.165, 1.54) is 0 Å². The van der Waals surface area contributed by atoms with Gasteiger partial charge >= 0.3 is 0 Å². The first-order valence-electron chi connectivity index (χ1n) is 5.41. The Balaban J connectivity index is 3.35. The molecule has 1 aromatic rings. The number of carbonyl (C=O) groups excluding carboxylic acids is 1. The lowest BCUT2D eigenvalue weighted by molar-refractivity contribution is -0.108. The van der Waals surface area contributed by atoms with Crippen molar-refractivity contribution in [2.75, 3.05) is 14.2 Å². The minimum Gasteiger partial charge on any atom is -0.496 e. The Bertz CT molecular complexity index is 416. The third-order valence-corrected chi connectivity index (χ3v) is 3.42. The van der Waals surface area contributed by atoms with Gasteiger partial charge in [-0.15, -0.1) is 0 Å². The lowest BCUT2D eigenvalue weighted by atomic mass is 9.95. The Labute approximate surface area is 110 Å². The standard InChI is InChI=1S/C13H17BrO3/c1-8(5-6-15)10-7-11(14)13(17-4)9(2)12(10)16-3/h6-8H,5H2,1-4H3. The van der Waals surface area contributed by atoms with Crippen LogP contribution < -0.4 is 9.47 Å². The molecule has 17 heavy (non-hydrogen) atoms. The summed E-state index contributed by atoms with van der Waals surface area (Å²) in [6.45, 7) is 3.95. The van der Waals surface area contributed by atoms with E-state index in [2.05, 4.69) is 15.9 Å². The quantitative estimate of drug-likeness (QED) is 0.781. The van der Waals surface area contributed by atoms with E-state index < -0.39 is 0 Å². The van der Waals surface area contributed by atoms with Crippen LogP contribution in [0.25, 0.3) is 0 Å². The zero-order chi connectivity index (χ0) is 13.0. The van der Waals surface area contributed by atoms with Crippen LogP contribution in [-0.2, 0) is 4.79 Å². The molecule has 1 aromatic carbocycles. The van der Waals surface area contributed by atoms with E-state index in [-0.39, 0.29) is 5.92 Å². The van der Waals surface area contributed by atoms with Crippen molar-refractivity contribution in [1.29, 1.82) is 0 Å². The molecule has 0 saturated heterocycles. The highest BCUT2D eigenvalue weighted by Gasteiger charge is 2.18. The molecule has 0 fully saturated rings. The maximum absolute atomic E-state index is 10.6. The van der Waals surface area contributed by atoms with Crippen LogP contribution in [-0.4, -0.2) is 20.5 Å². The van der Waals surface area contributed by atoms with Crippen LogP contribution in [0, 0.1) is 6.92 Å². The number of methoxy groups -OCH3 is 2. The Hall–Kier alpha value is -1.03. The monoisotopic (exact) mass is 300 g/mol. The molecule has 0 saturated carbocycles. The molecule has 0 spiro atoms. The second kappa shape index (κ2) is 6.05. The normalized spacial score (nSPS) is 12.1. The van der Waals surface area contributed by atoms with Gasteiger partial charge < -0.3 is 14.3 Å². The van der Waals surface area contributed by atoms with Crippen LogP contribution in [0.1, 0.15) is 30.4 Å². The first kappa shape index (κ1) is 14.0. The third-order valence-electron chi connectivity index (χ3n) is 2.83. The van der Waals surface area contributed by atoms with Crippen LogP contribution in [0.15, 0.2) is 10.5 Å². The molecule has 0 bridgehead atoms.